The summed E-state index contributed by atoms with van der Waals surface area (Å²) in [5, 5.41) is 25.7. The number of morpholine rings is 1. The fourth-order valence-electron chi connectivity index (χ4n) is 15.1. The highest BCUT2D eigenvalue weighted by Gasteiger charge is 2.31. The van der Waals surface area contributed by atoms with E-state index in [1.54, 1.807) is 61.6 Å². The molecule has 0 saturated carbocycles. The highest BCUT2D eigenvalue weighted by atomic mass is 32.2. The van der Waals surface area contributed by atoms with Gasteiger partial charge in [0.2, 0.25) is 30.1 Å². The lowest BCUT2D eigenvalue weighted by Gasteiger charge is -2.40. The van der Waals surface area contributed by atoms with Crippen LogP contribution in [-0.2, 0) is 34.8 Å². The predicted molar refractivity (Wildman–Crippen MR) is 451 cm³/mol. The Balaban J connectivity index is 0.000000135. The van der Waals surface area contributed by atoms with Crippen molar-refractivity contribution in [3.63, 3.8) is 0 Å². The maximum atomic E-state index is 13.4. The molecular formula is C79H94F8N26O8S3. The Morgan fingerprint density at radius 3 is 1.18 bits per heavy atom. The number of likely N-dealkylation sites (N-methyl/N-ethyl adjacent to an activating group) is 2. The molecule has 45 heteroatoms. The first-order chi connectivity index (χ1) is 59.3. The molecule has 662 valence electrons. The normalized spacial score (nSPS) is 18.5. The molecule has 124 heavy (non-hydrogen) atoms. The summed E-state index contributed by atoms with van der Waals surface area (Å²) in [4.78, 5) is 50.3. The van der Waals surface area contributed by atoms with E-state index in [4.69, 9.17) is 9.72 Å². The zero-order chi connectivity index (χ0) is 87.7. The minimum Gasteiger partial charge on any atom is -0.395 e. The molecule has 17 rings (SSSR count). The maximum absolute atomic E-state index is 13.4. The van der Waals surface area contributed by atoms with Crippen molar-refractivity contribution in [1.82, 2.24) is 102 Å². The Morgan fingerprint density at radius 2 is 0.758 bits per heavy atom. The van der Waals surface area contributed by atoms with Gasteiger partial charge in [0.25, 0.3) is 25.7 Å². The summed E-state index contributed by atoms with van der Waals surface area (Å²) in [6.45, 7) is 10.1. The fourth-order valence-corrected chi connectivity index (χ4v) is 16.7. The van der Waals surface area contributed by atoms with E-state index < -0.39 is 55.8 Å². The van der Waals surface area contributed by atoms with E-state index in [0.29, 0.717) is 104 Å². The summed E-state index contributed by atoms with van der Waals surface area (Å²) in [5.74, 6) is 3.97. The first kappa shape index (κ1) is 89.4. The molecule has 0 aromatic carbocycles. The number of aliphatic hydroxyl groups excluding tert-OH is 1. The molecule has 12 aromatic rings. The smallest absolute Gasteiger partial charge is 0.282 e. The Morgan fingerprint density at radius 1 is 0.395 bits per heavy atom. The molecule has 0 spiro atoms. The monoisotopic (exact) mass is 1780 g/mol. The third kappa shape index (κ3) is 22.4. The number of aromatic nitrogens is 16. The minimum absolute atomic E-state index is 0.0139. The highest BCUT2D eigenvalue weighted by Crippen LogP contribution is 2.35. The lowest BCUT2D eigenvalue weighted by atomic mass is 9.98. The molecule has 0 bridgehead atoms. The van der Waals surface area contributed by atoms with Gasteiger partial charge in [-0.2, -0.15) is 20.4 Å². The van der Waals surface area contributed by atoms with Gasteiger partial charge in [-0.1, -0.05) is 0 Å². The zero-order valence-corrected chi connectivity index (χ0v) is 70.7. The molecule has 5 saturated heterocycles. The van der Waals surface area contributed by atoms with Crippen molar-refractivity contribution in [2.24, 2.45) is 5.92 Å². The number of hydrogen-bond acceptors (Lipinski definition) is 27. The largest absolute Gasteiger partial charge is 0.395 e. The van der Waals surface area contributed by atoms with E-state index in [0.717, 1.165) is 130 Å². The quantitative estimate of drug-likeness (QED) is 0.0438. The Kier molecular flexibility index (Phi) is 28.2. The number of pyridine rings is 4. The molecule has 0 aliphatic carbocycles. The van der Waals surface area contributed by atoms with Gasteiger partial charge in [0, 0.05) is 145 Å². The van der Waals surface area contributed by atoms with E-state index in [9.17, 15) is 65.5 Å². The van der Waals surface area contributed by atoms with Crippen molar-refractivity contribution in [1.29, 1.82) is 0 Å². The summed E-state index contributed by atoms with van der Waals surface area (Å²) < 4.78 is 193. The number of piperazine rings is 2. The summed E-state index contributed by atoms with van der Waals surface area (Å²) in [7, 11) is -5.89. The van der Waals surface area contributed by atoms with Gasteiger partial charge in [-0.15, -0.1) is 0 Å². The number of hydrogen-bond donors (Lipinski definition) is 4. The van der Waals surface area contributed by atoms with E-state index in [-0.39, 0.29) is 60.0 Å². The lowest BCUT2D eigenvalue weighted by Crippen LogP contribution is -2.55. The van der Waals surface area contributed by atoms with Gasteiger partial charge in [-0.05, 0) is 149 Å². The van der Waals surface area contributed by atoms with Crippen molar-refractivity contribution < 1.29 is 70.2 Å². The van der Waals surface area contributed by atoms with Crippen LogP contribution in [0.2, 0.25) is 0 Å². The van der Waals surface area contributed by atoms with E-state index in [1.807, 2.05) is 55.4 Å². The van der Waals surface area contributed by atoms with Gasteiger partial charge in [0.05, 0.1) is 91.7 Å². The summed E-state index contributed by atoms with van der Waals surface area (Å²) in [6.07, 6.45) is 9.11. The Labute approximate surface area is 709 Å². The average Bonchev–Trinajstić information content (AvgIpc) is 1.82. The third-order valence-electron chi connectivity index (χ3n) is 21.8. The van der Waals surface area contributed by atoms with Crippen LogP contribution in [0.3, 0.4) is 0 Å². The first-order valence-electron chi connectivity index (χ1n) is 40.0. The average molecular weight is 1780 g/mol. The maximum Gasteiger partial charge on any atom is 0.282 e. The second kappa shape index (κ2) is 39.1. The van der Waals surface area contributed by atoms with Crippen LogP contribution in [0, 0.1) is 5.92 Å². The molecule has 17 heterocycles. The van der Waals surface area contributed by atoms with Crippen molar-refractivity contribution >= 4 is 81.7 Å². The zero-order valence-electron chi connectivity index (χ0n) is 68.3. The number of rotatable bonds is 23. The number of aliphatic hydroxyl groups is 1. The van der Waals surface area contributed by atoms with Gasteiger partial charge < -0.3 is 34.3 Å². The van der Waals surface area contributed by atoms with Crippen molar-refractivity contribution in [3.05, 3.63) is 163 Å². The van der Waals surface area contributed by atoms with Gasteiger partial charge in [0.1, 0.15) is 51.9 Å². The van der Waals surface area contributed by atoms with Crippen molar-refractivity contribution in [2.75, 3.05) is 169 Å². The number of nitrogens with one attached hydrogen (secondary N) is 3. The number of nitrogens with zero attached hydrogens (tertiary/aromatic N) is 23. The van der Waals surface area contributed by atoms with Crippen LogP contribution in [0.4, 0.5) is 64.2 Å². The van der Waals surface area contributed by atoms with Gasteiger partial charge in [0.15, 0.2) is 22.6 Å². The Bertz CT molecular complexity index is 6060. The summed E-state index contributed by atoms with van der Waals surface area (Å²) in [5.41, 5.74) is 6.20. The van der Waals surface area contributed by atoms with Crippen LogP contribution < -0.4 is 38.7 Å². The van der Waals surface area contributed by atoms with Crippen LogP contribution in [0.5, 0.6) is 0 Å². The lowest BCUT2D eigenvalue weighted by molar-refractivity contribution is 0.0440. The predicted octanol–water partition coefficient (Wildman–Crippen LogP) is 8.21. The van der Waals surface area contributed by atoms with Gasteiger partial charge >= 0.3 is 0 Å². The number of halogens is 8. The van der Waals surface area contributed by atoms with Crippen LogP contribution in [0.25, 0.3) is 67.6 Å². The molecule has 5 aliphatic heterocycles. The molecule has 5 fully saturated rings. The first-order valence-corrected chi connectivity index (χ1v) is 45.7. The van der Waals surface area contributed by atoms with Gasteiger partial charge in [-0.3, -0.25) is 9.80 Å². The number of alkyl halides is 8. The van der Waals surface area contributed by atoms with Crippen molar-refractivity contribution in [2.45, 2.75) is 76.0 Å². The molecule has 5 aliphatic rings. The molecule has 0 amide bonds. The van der Waals surface area contributed by atoms with Crippen LogP contribution in [0.15, 0.2) is 140 Å². The number of sulfonamides is 3. The summed E-state index contributed by atoms with van der Waals surface area (Å²) >= 11 is 0. The molecule has 4 atom stereocenters. The van der Waals surface area contributed by atoms with Crippen LogP contribution >= 0.6 is 0 Å². The van der Waals surface area contributed by atoms with E-state index in [2.05, 4.69) is 98.8 Å². The molecule has 12 aromatic heterocycles. The number of imidazole rings is 4. The fraction of sp³-hybridized carbons (Fsp3) is 0.443. The number of anilines is 5. The van der Waals surface area contributed by atoms with Crippen molar-refractivity contribution in [3.8, 4) is 45.0 Å². The number of ether oxygens (including phenoxy) is 1. The molecule has 0 radical (unpaired) electrons. The molecule has 4 unspecified atom stereocenters. The second-order valence-corrected chi connectivity index (χ2v) is 36.3. The molecule has 34 nitrogen and oxygen atoms in total. The topological polar surface area (TPSA) is 363 Å². The van der Waals surface area contributed by atoms with Crippen LogP contribution in [0.1, 0.15) is 80.6 Å². The van der Waals surface area contributed by atoms with Crippen LogP contribution in [-0.4, -0.2) is 281 Å². The number of piperidine rings is 2. The highest BCUT2D eigenvalue weighted by molar-refractivity contribution is 7.89. The van der Waals surface area contributed by atoms with E-state index in [1.165, 1.54) is 73.2 Å². The SMILES string of the molecule is CN1CCN(c2cc(-c3cnc4ccc(C(F)F)nn34)ccn2)CC1CNS(C)(=O)=O.CN1CCN(c2cc(-c3cnc4ccc(C(F)F)nn34)ccn2)CC1CO.CS(=O)(=O)NCC1CCCN(c2cc(-c3cnc4ccc(C(F)F)nn34)cc(N3CCCCC3)n2)C1.CS(=O)(=O)NCC1CN(c2cc(-c3cnc4ccc(C(F)F)nn34)ccn2)CCO1. The third-order valence-corrected chi connectivity index (χ3v) is 23.9. The Hall–Kier alpha value is -10.9. The number of fused-ring (bicyclic) bond motifs is 4. The molecular weight excluding hydrogens is 1690 g/mol. The second-order valence-electron chi connectivity index (χ2n) is 30.8. The standard InChI is InChI=1S/C24H31F2N7O2S.C19H23F2N7O2S.C18H20F2N6O3S.C18H20F2N6O/c1-36(34,35)28-14-17-6-5-11-32(16-17)23-13-18(12-22(29-23)31-9-3-2-4-10-31)20-15-27-21-8-7-19(24(25)26)30-33(20)21;1-26-7-8-27(12-14(26)10-24-31(2,29)30)18-9-13(5-6-22-18)16-11-23-17-4-3-15(19(20)21)25-28(16)17;1-30(27,28)23-9-13-11-25(6-7-29-13)17-8-12(4-5-21-17)15-10-22-16-3-2-14(18(19)20)24-26(15)16;1-24-6-7-25(10-13(24)11-27)17-8-12(4-5-21-17)15-9-22-16-3-2-14(18(19)20)23-26(15)16/h7-8,12-13,15,17,24,28H,2-6,9-11,14,16H2,1H3;3-6,9,11,14,19,24H,7-8,10,12H2,1-2H3;2-5,8,10,13,18,23H,6-7,9,11H2,1H3;2-5,8-9,13,18,27H,6-7,10-11H2,1H3. The van der Waals surface area contributed by atoms with E-state index >= 15 is 0 Å². The summed E-state index contributed by atoms with van der Waals surface area (Å²) in [6, 6.07) is 26.1. The minimum atomic E-state index is -3.31. The molecule has 4 N–H and O–H groups in total. The van der Waals surface area contributed by atoms with Gasteiger partial charge in [-0.25, -0.2) is 132 Å².